The van der Waals surface area contributed by atoms with Crippen molar-refractivity contribution >= 4 is 52.2 Å². The maximum atomic E-state index is 13.2. The molecule has 3 aromatic rings. The van der Waals surface area contributed by atoms with Crippen LogP contribution in [0.1, 0.15) is 29.3 Å². The zero-order chi connectivity index (χ0) is 24.1. The van der Waals surface area contributed by atoms with E-state index >= 15 is 0 Å². The minimum atomic E-state index is -0.532. The average Bonchev–Trinajstić information content (AvgIpc) is 2.96. The Labute approximate surface area is 202 Å². The Morgan fingerprint density at radius 3 is 2.50 bits per heavy atom. The smallest absolute Gasteiger partial charge is 0.340 e. The fourth-order valence-corrected chi connectivity index (χ4v) is 3.77. The zero-order valence-electron chi connectivity index (χ0n) is 18.5. The largest absolute Gasteiger partial charge is 0.462 e. The van der Waals surface area contributed by atoms with Gasteiger partial charge in [0, 0.05) is 5.02 Å². The second-order valence-corrected chi connectivity index (χ2v) is 7.96. The molecule has 3 aromatic carbocycles. The van der Waals surface area contributed by atoms with Gasteiger partial charge in [0.15, 0.2) is 0 Å². The summed E-state index contributed by atoms with van der Waals surface area (Å²) in [6, 6.07) is 20.9. The highest BCUT2D eigenvalue weighted by Gasteiger charge is 2.27. The molecule has 0 saturated carbocycles. The van der Waals surface area contributed by atoms with Gasteiger partial charge in [-0.1, -0.05) is 48.0 Å². The van der Waals surface area contributed by atoms with Gasteiger partial charge >= 0.3 is 5.97 Å². The third-order valence-electron chi connectivity index (χ3n) is 5.22. The Bertz CT molecular complexity index is 1270. The molecular weight excluding hydrogens is 454 g/mol. The number of fused-ring (bicyclic) bond motifs is 1. The third-order valence-corrected chi connectivity index (χ3v) is 5.48. The monoisotopic (exact) mass is 475 g/mol. The number of hydrogen-bond donors (Lipinski definition) is 1. The van der Waals surface area contributed by atoms with Crippen LogP contribution in [0.3, 0.4) is 0 Å². The van der Waals surface area contributed by atoms with Gasteiger partial charge in [-0.05, 0) is 48.9 Å². The lowest BCUT2D eigenvalue weighted by Crippen LogP contribution is -2.38. The number of aliphatic imine (C=N–C) groups is 1. The Morgan fingerprint density at radius 1 is 1.03 bits per heavy atom. The maximum absolute atomic E-state index is 13.2. The molecule has 8 heteroatoms. The van der Waals surface area contributed by atoms with Crippen molar-refractivity contribution in [1.29, 1.82) is 0 Å². The van der Waals surface area contributed by atoms with Crippen LogP contribution in [-0.4, -0.2) is 36.6 Å². The number of halogens is 1. The van der Waals surface area contributed by atoms with Crippen molar-refractivity contribution in [3.63, 3.8) is 0 Å². The van der Waals surface area contributed by atoms with E-state index in [-0.39, 0.29) is 31.0 Å². The zero-order valence-corrected chi connectivity index (χ0v) is 19.2. The molecule has 0 unspecified atom stereocenters. The van der Waals surface area contributed by atoms with Crippen molar-refractivity contribution in [2.75, 3.05) is 23.4 Å². The van der Waals surface area contributed by atoms with Crippen molar-refractivity contribution in [2.24, 2.45) is 4.99 Å². The van der Waals surface area contributed by atoms with Gasteiger partial charge in [0.25, 0.3) is 0 Å². The minimum Gasteiger partial charge on any atom is -0.462 e. The second-order valence-electron chi connectivity index (χ2n) is 7.52. The molecule has 1 aliphatic heterocycles. The summed E-state index contributed by atoms with van der Waals surface area (Å²) >= 11 is 6.00. The molecule has 2 amide bonds. The molecule has 34 heavy (non-hydrogen) atoms. The van der Waals surface area contributed by atoms with Crippen molar-refractivity contribution in [3.05, 3.63) is 88.9 Å². The number of rotatable bonds is 6. The summed E-state index contributed by atoms with van der Waals surface area (Å²) in [5.41, 5.74) is 3.04. The first-order chi connectivity index (χ1) is 16.5. The number of nitrogens with one attached hydrogen (secondary N) is 1. The summed E-state index contributed by atoms with van der Waals surface area (Å²) < 4.78 is 5.06. The van der Waals surface area contributed by atoms with E-state index in [9.17, 15) is 14.4 Å². The summed E-state index contributed by atoms with van der Waals surface area (Å²) in [4.78, 5) is 44.5. The summed E-state index contributed by atoms with van der Waals surface area (Å²) in [6.45, 7) is 1.69. The van der Waals surface area contributed by atoms with Gasteiger partial charge in [-0.15, -0.1) is 0 Å². The van der Waals surface area contributed by atoms with E-state index in [4.69, 9.17) is 21.3 Å². The highest BCUT2D eigenvalue weighted by Crippen LogP contribution is 2.33. The van der Waals surface area contributed by atoms with Crippen LogP contribution in [-0.2, 0) is 14.3 Å². The summed E-state index contributed by atoms with van der Waals surface area (Å²) in [5, 5.41) is 3.32. The van der Waals surface area contributed by atoms with Crippen LogP contribution in [0.25, 0.3) is 0 Å². The van der Waals surface area contributed by atoms with Crippen molar-refractivity contribution < 1.29 is 19.1 Å². The van der Waals surface area contributed by atoms with Gasteiger partial charge in [-0.2, -0.15) is 0 Å². The molecule has 0 radical (unpaired) electrons. The third kappa shape index (κ3) is 5.15. The fourth-order valence-electron chi connectivity index (χ4n) is 3.64. The van der Waals surface area contributed by atoms with Gasteiger partial charge in [-0.3, -0.25) is 14.6 Å². The van der Waals surface area contributed by atoms with Gasteiger partial charge in [-0.25, -0.2) is 4.79 Å². The van der Waals surface area contributed by atoms with E-state index in [0.717, 1.165) is 5.56 Å². The summed E-state index contributed by atoms with van der Waals surface area (Å²) in [5.74, 6) is -1.25. The molecule has 1 aliphatic rings. The fraction of sp³-hybridized carbons (Fsp3) is 0.154. The standard InChI is InChI=1S/C26H22ClN3O4/c1-2-34-26(33)19-7-3-4-8-20(19)29-24(31)16-30-23-10-6-5-9-21(23)28-22(15-25(30)32)17-11-13-18(27)14-12-17/h3-14H,2,15-16H2,1H3,(H,29,31). The Morgan fingerprint density at radius 2 is 1.74 bits per heavy atom. The molecule has 0 aliphatic carbocycles. The van der Waals surface area contributed by atoms with Crippen LogP contribution < -0.4 is 10.2 Å². The van der Waals surface area contributed by atoms with Crippen molar-refractivity contribution in [2.45, 2.75) is 13.3 Å². The van der Waals surface area contributed by atoms with Crippen LogP contribution in [0.15, 0.2) is 77.8 Å². The molecule has 0 atom stereocenters. The number of hydrogen-bond acceptors (Lipinski definition) is 5. The lowest BCUT2D eigenvalue weighted by atomic mass is 10.1. The number of carbonyl (C=O) groups is 3. The first kappa shape index (κ1) is 23.2. The first-order valence-corrected chi connectivity index (χ1v) is 11.1. The lowest BCUT2D eigenvalue weighted by molar-refractivity contribution is -0.120. The predicted octanol–water partition coefficient (Wildman–Crippen LogP) is 5.01. The molecule has 0 saturated heterocycles. The van der Waals surface area contributed by atoms with Gasteiger partial charge in [0.1, 0.15) is 6.54 Å². The first-order valence-electron chi connectivity index (χ1n) is 10.7. The number of amides is 2. The Hall–Kier alpha value is -3.97. The number of nitrogens with zero attached hydrogens (tertiary/aromatic N) is 2. The molecular formula is C26H22ClN3O4. The van der Waals surface area contributed by atoms with Gasteiger partial charge in [0.05, 0.1) is 41.4 Å². The predicted molar refractivity (Wildman–Crippen MR) is 132 cm³/mol. The van der Waals surface area contributed by atoms with E-state index in [1.807, 2.05) is 18.2 Å². The highest BCUT2D eigenvalue weighted by molar-refractivity contribution is 6.30. The number of carbonyl (C=O) groups excluding carboxylic acids is 3. The Kier molecular flexibility index (Phi) is 7.04. The average molecular weight is 476 g/mol. The number of esters is 1. The molecule has 0 bridgehead atoms. The van der Waals surface area contributed by atoms with Gasteiger partial charge in [0.2, 0.25) is 11.8 Å². The number of benzene rings is 3. The van der Waals surface area contributed by atoms with E-state index < -0.39 is 11.9 Å². The van der Waals surface area contributed by atoms with E-state index in [2.05, 4.69) is 5.32 Å². The molecule has 0 aromatic heterocycles. The van der Waals surface area contributed by atoms with Crippen LogP contribution in [0, 0.1) is 0 Å². The molecule has 1 heterocycles. The van der Waals surface area contributed by atoms with Crippen LogP contribution >= 0.6 is 11.6 Å². The second kappa shape index (κ2) is 10.3. The SMILES string of the molecule is CCOC(=O)c1ccccc1NC(=O)CN1C(=O)CC(c2ccc(Cl)cc2)=Nc2ccccc21. The molecule has 1 N–H and O–H groups in total. The van der Waals surface area contributed by atoms with E-state index in [1.54, 1.807) is 61.5 Å². The van der Waals surface area contributed by atoms with Crippen molar-refractivity contribution in [1.82, 2.24) is 0 Å². The van der Waals surface area contributed by atoms with Gasteiger partial charge < -0.3 is 15.0 Å². The van der Waals surface area contributed by atoms with Crippen molar-refractivity contribution in [3.8, 4) is 0 Å². The molecule has 0 spiro atoms. The molecule has 4 rings (SSSR count). The molecule has 0 fully saturated rings. The Balaban J connectivity index is 1.58. The maximum Gasteiger partial charge on any atom is 0.340 e. The van der Waals surface area contributed by atoms with E-state index in [1.165, 1.54) is 4.90 Å². The van der Waals surface area contributed by atoms with Crippen LogP contribution in [0.4, 0.5) is 17.1 Å². The summed E-state index contributed by atoms with van der Waals surface area (Å²) in [6.07, 6.45) is 0.0169. The van der Waals surface area contributed by atoms with Crippen LogP contribution in [0.2, 0.25) is 5.02 Å². The summed E-state index contributed by atoms with van der Waals surface area (Å²) in [7, 11) is 0. The molecule has 172 valence electrons. The van der Waals surface area contributed by atoms with E-state index in [0.29, 0.717) is 27.8 Å². The van der Waals surface area contributed by atoms with Crippen LogP contribution in [0.5, 0.6) is 0 Å². The topological polar surface area (TPSA) is 88.1 Å². The lowest BCUT2D eigenvalue weighted by Gasteiger charge is -2.22. The minimum absolute atomic E-state index is 0.0169. The molecule has 7 nitrogen and oxygen atoms in total. The quantitative estimate of drug-likeness (QED) is 0.507. The number of anilines is 2. The number of ether oxygens (including phenoxy) is 1. The highest BCUT2D eigenvalue weighted by atomic mass is 35.5. The number of para-hydroxylation sites is 3. The normalized spacial score (nSPS) is 12.9.